The van der Waals surface area contributed by atoms with Gasteiger partial charge in [-0.2, -0.15) is 0 Å². The largest absolute Gasteiger partial charge is 0.350 e. The normalized spacial score (nSPS) is 15.8. The molecule has 1 fully saturated rings. The van der Waals surface area contributed by atoms with Crippen LogP contribution in [-0.4, -0.2) is 47.8 Å². The van der Waals surface area contributed by atoms with Crippen molar-refractivity contribution in [3.8, 4) is 0 Å². The number of benzene rings is 1. The SMILES string of the molecule is Cc1cc2nc(SCC(=O)NCC[NH+]3CCCCC3)[nH]c2cc1C. The molecule has 1 aromatic carbocycles. The van der Waals surface area contributed by atoms with Crippen molar-refractivity contribution in [3.63, 3.8) is 0 Å². The molecule has 0 saturated carbocycles. The summed E-state index contributed by atoms with van der Waals surface area (Å²) in [4.78, 5) is 21.5. The maximum Gasteiger partial charge on any atom is 0.230 e. The molecule has 2 heterocycles. The summed E-state index contributed by atoms with van der Waals surface area (Å²) in [5, 5.41) is 3.84. The maximum absolute atomic E-state index is 12.0. The number of imidazole rings is 1. The average Bonchev–Trinajstić information content (AvgIpc) is 2.96. The fraction of sp³-hybridized carbons (Fsp3) is 0.556. The number of hydrogen-bond donors (Lipinski definition) is 3. The molecule has 0 unspecified atom stereocenters. The third-order valence-electron chi connectivity index (χ3n) is 4.78. The van der Waals surface area contributed by atoms with Gasteiger partial charge in [0.1, 0.15) is 0 Å². The quantitative estimate of drug-likeness (QED) is 0.693. The van der Waals surface area contributed by atoms with Crippen LogP contribution >= 0.6 is 11.8 Å². The van der Waals surface area contributed by atoms with Gasteiger partial charge in [0.05, 0.1) is 43.0 Å². The Morgan fingerprint density at radius 2 is 2.00 bits per heavy atom. The first-order chi connectivity index (χ1) is 11.6. The number of fused-ring (bicyclic) bond motifs is 1. The number of nitrogens with one attached hydrogen (secondary N) is 3. The molecule has 0 spiro atoms. The molecule has 0 radical (unpaired) electrons. The van der Waals surface area contributed by atoms with Gasteiger partial charge in [-0.15, -0.1) is 0 Å². The monoisotopic (exact) mass is 347 g/mol. The molecule has 2 aromatic rings. The molecule has 24 heavy (non-hydrogen) atoms. The lowest BCUT2D eigenvalue weighted by Gasteiger charge is -2.23. The molecular weight excluding hydrogens is 320 g/mol. The molecule has 0 bridgehead atoms. The molecule has 3 rings (SSSR count). The van der Waals surface area contributed by atoms with Crippen molar-refractivity contribution in [1.29, 1.82) is 0 Å². The molecule has 1 aliphatic rings. The molecule has 1 amide bonds. The highest BCUT2D eigenvalue weighted by Crippen LogP contribution is 2.22. The van der Waals surface area contributed by atoms with Gasteiger partial charge in [0.25, 0.3) is 0 Å². The van der Waals surface area contributed by atoms with E-state index in [1.54, 1.807) is 4.90 Å². The van der Waals surface area contributed by atoms with Gasteiger partial charge in [-0.25, -0.2) is 4.98 Å². The van der Waals surface area contributed by atoms with Crippen molar-refractivity contribution in [3.05, 3.63) is 23.3 Å². The van der Waals surface area contributed by atoms with E-state index >= 15 is 0 Å². The smallest absolute Gasteiger partial charge is 0.230 e. The van der Waals surface area contributed by atoms with Gasteiger partial charge >= 0.3 is 0 Å². The average molecular weight is 348 g/mol. The summed E-state index contributed by atoms with van der Waals surface area (Å²) < 4.78 is 0. The number of aryl methyl sites for hydroxylation is 2. The van der Waals surface area contributed by atoms with E-state index in [0.29, 0.717) is 5.75 Å². The van der Waals surface area contributed by atoms with Crippen LogP contribution in [0.4, 0.5) is 0 Å². The lowest BCUT2D eigenvalue weighted by molar-refractivity contribution is -0.903. The molecule has 0 atom stereocenters. The number of likely N-dealkylation sites (tertiary alicyclic amines) is 1. The Morgan fingerprint density at radius 3 is 2.79 bits per heavy atom. The molecule has 130 valence electrons. The van der Waals surface area contributed by atoms with Gasteiger partial charge in [-0.3, -0.25) is 4.79 Å². The number of piperidine rings is 1. The highest BCUT2D eigenvalue weighted by atomic mass is 32.2. The highest BCUT2D eigenvalue weighted by Gasteiger charge is 2.13. The fourth-order valence-electron chi connectivity index (χ4n) is 3.18. The summed E-state index contributed by atoms with van der Waals surface area (Å²) in [5.74, 6) is 0.497. The lowest BCUT2D eigenvalue weighted by Crippen LogP contribution is -3.13. The number of carbonyl (C=O) groups is 1. The van der Waals surface area contributed by atoms with Crippen LogP contribution in [0.3, 0.4) is 0 Å². The van der Waals surface area contributed by atoms with E-state index in [1.165, 1.54) is 55.2 Å². The molecule has 1 saturated heterocycles. The van der Waals surface area contributed by atoms with Crippen molar-refractivity contribution < 1.29 is 9.69 Å². The highest BCUT2D eigenvalue weighted by molar-refractivity contribution is 7.99. The van der Waals surface area contributed by atoms with Gasteiger partial charge < -0.3 is 15.2 Å². The van der Waals surface area contributed by atoms with Gasteiger partial charge in [-0.1, -0.05) is 11.8 Å². The van der Waals surface area contributed by atoms with Crippen molar-refractivity contribution in [1.82, 2.24) is 15.3 Å². The van der Waals surface area contributed by atoms with E-state index in [2.05, 4.69) is 41.3 Å². The molecule has 1 aromatic heterocycles. The number of carbonyl (C=O) groups excluding carboxylic acids is 1. The second kappa shape index (κ2) is 8.03. The van der Waals surface area contributed by atoms with Crippen LogP contribution in [0, 0.1) is 13.8 Å². The number of quaternary nitrogens is 1. The van der Waals surface area contributed by atoms with E-state index in [-0.39, 0.29) is 5.91 Å². The Balaban J connectivity index is 1.44. The van der Waals surface area contributed by atoms with Crippen LogP contribution in [0.5, 0.6) is 0 Å². The second-order valence-electron chi connectivity index (χ2n) is 6.69. The van der Waals surface area contributed by atoms with Crippen LogP contribution in [0.1, 0.15) is 30.4 Å². The minimum absolute atomic E-state index is 0.0872. The number of H-pyrrole nitrogens is 1. The molecule has 5 nitrogen and oxygen atoms in total. The van der Waals surface area contributed by atoms with E-state index in [1.807, 2.05) is 0 Å². The summed E-state index contributed by atoms with van der Waals surface area (Å²) in [5.41, 5.74) is 4.49. The first-order valence-electron chi connectivity index (χ1n) is 8.82. The topological polar surface area (TPSA) is 62.2 Å². The van der Waals surface area contributed by atoms with Gasteiger partial charge in [0.15, 0.2) is 5.16 Å². The zero-order valence-corrected chi connectivity index (χ0v) is 15.4. The Morgan fingerprint density at radius 1 is 1.25 bits per heavy atom. The minimum atomic E-state index is 0.0872. The van der Waals surface area contributed by atoms with Gasteiger partial charge in [-0.05, 0) is 56.4 Å². The number of rotatable bonds is 6. The number of aromatic amines is 1. The maximum atomic E-state index is 12.0. The van der Waals surface area contributed by atoms with Crippen molar-refractivity contribution in [2.75, 3.05) is 31.9 Å². The van der Waals surface area contributed by atoms with Crippen molar-refractivity contribution >= 4 is 28.7 Å². The van der Waals surface area contributed by atoms with Gasteiger partial charge in [0.2, 0.25) is 5.91 Å². The minimum Gasteiger partial charge on any atom is -0.350 e. The third kappa shape index (κ3) is 4.51. The predicted molar refractivity (Wildman–Crippen MR) is 98.7 cm³/mol. The van der Waals surface area contributed by atoms with Crippen LogP contribution in [0.25, 0.3) is 11.0 Å². The van der Waals surface area contributed by atoms with Crippen molar-refractivity contribution in [2.45, 2.75) is 38.3 Å². The second-order valence-corrected chi connectivity index (χ2v) is 7.66. The number of hydrogen-bond acceptors (Lipinski definition) is 3. The summed E-state index contributed by atoms with van der Waals surface area (Å²) in [6, 6.07) is 4.20. The third-order valence-corrected chi connectivity index (χ3v) is 5.65. The summed E-state index contributed by atoms with van der Waals surface area (Å²) in [7, 11) is 0. The summed E-state index contributed by atoms with van der Waals surface area (Å²) in [6.07, 6.45) is 4.01. The van der Waals surface area contributed by atoms with E-state index in [0.717, 1.165) is 29.3 Å². The van der Waals surface area contributed by atoms with Crippen LogP contribution < -0.4 is 10.2 Å². The van der Waals surface area contributed by atoms with E-state index in [4.69, 9.17) is 0 Å². The number of aromatic nitrogens is 2. The molecule has 6 heteroatoms. The summed E-state index contributed by atoms with van der Waals surface area (Å²) >= 11 is 1.47. The Bertz CT molecular complexity index is 667. The Hall–Kier alpha value is -1.53. The molecule has 3 N–H and O–H groups in total. The zero-order valence-electron chi connectivity index (χ0n) is 14.6. The fourth-order valence-corrected chi connectivity index (χ4v) is 3.89. The van der Waals surface area contributed by atoms with E-state index in [9.17, 15) is 4.79 Å². The van der Waals surface area contributed by atoms with Gasteiger partial charge in [0, 0.05) is 0 Å². The van der Waals surface area contributed by atoms with E-state index < -0.39 is 0 Å². The number of thioether (sulfide) groups is 1. The Kier molecular flexibility index (Phi) is 5.79. The first-order valence-corrected chi connectivity index (χ1v) is 9.80. The zero-order chi connectivity index (χ0) is 16.9. The molecule has 1 aliphatic heterocycles. The number of amides is 1. The number of nitrogens with zero attached hydrogens (tertiary/aromatic N) is 1. The first kappa shape index (κ1) is 17.3. The Labute approximate surface area is 147 Å². The lowest BCUT2D eigenvalue weighted by atomic mass is 10.1. The summed E-state index contributed by atoms with van der Waals surface area (Å²) in [6.45, 7) is 8.51. The molecular formula is C18H27N4OS+. The van der Waals surface area contributed by atoms with Crippen LogP contribution in [-0.2, 0) is 4.79 Å². The van der Waals surface area contributed by atoms with Crippen molar-refractivity contribution in [2.24, 2.45) is 0 Å². The van der Waals surface area contributed by atoms with Crippen LogP contribution in [0.2, 0.25) is 0 Å². The predicted octanol–water partition coefficient (Wildman–Crippen LogP) is 1.46. The standard InChI is InChI=1S/C18H26N4OS/c1-13-10-15-16(11-14(13)2)21-18(20-15)24-12-17(23)19-6-9-22-7-4-3-5-8-22/h10-11H,3-9,12H2,1-2H3,(H,19,23)(H,20,21)/p+1. The van der Waals surface area contributed by atoms with Crippen LogP contribution in [0.15, 0.2) is 17.3 Å². The molecule has 0 aliphatic carbocycles.